The van der Waals surface area contributed by atoms with E-state index in [-0.39, 0.29) is 11.7 Å². The van der Waals surface area contributed by atoms with Gasteiger partial charge >= 0.3 is 0 Å². The van der Waals surface area contributed by atoms with Crippen molar-refractivity contribution in [3.05, 3.63) is 35.6 Å². The van der Waals surface area contributed by atoms with E-state index in [1.807, 2.05) is 0 Å². The maximum Gasteiger partial charge on any atom is 0.220 e. The number of amides is 1. The molecule has 1 aromatic carbocycles. The third kappa shape index (κ3) is 6.35. The van der Waals surface area contributed by atoms with Crippen molar-refractivity contribution in [1.29, 1.82) is 0 Å². The molecule has 18 heavy (non-hydrogen) atoms. The van der Waals surface area contributed by atoms with Crippen molar-refractivity contribution < 1.29 is 9.18 Å². The zero-order valence-electron chi connectivity index (χ0n) is 11.0. The SMILES string of the molecule is CC(C)NCCCC(=O)NCc1ccc(F)cc1. The van der Waals surface area contributed by atoms with Crippen molar-refractivity contribution in [3.63, 3.8) is 0 Å². The number of halogens is 1. The highest BCUT2D eigenvalue weighted by atomic mass is 19.1. The number of benzene rings is 1. The standard InChI is InChI=1S/C14H21FN2O/c1-11(2)16-9-3-4-14(18)17-10-12-5-7-13(15)8-6-12/h5-8,11,16H,3-4,9-10H2,1-2H3,(H,17,18). The van der Waals surface area contributed by atoms with E-state index in [0.29, 0.717) is 19.0 Å². The average molecular weight is 252 g/mol. The third-order valence-corrected chi connectivity index (χ3v) is 2.54. The first-order chi connectivity index (χ1) is 8.58. The van der Waals surface area contributed by atoms with Crippen LogP contribution in [0.25, 0.3) is 0 Å². The van der Waals surface area contributed by atoms with Crippen LogP contribution in [0.3, 0.4) is 0 Å². The molecule has 0 bridgehead atoms. The zero-order valence-corrected chi connectivity index (χ0v) is 11.0. The van der Waals surface area contributed by atoms with Gasteiger partial charge in [-0.1, -0.05) is 26.0 Å². The van der Waals surface area contributed by atoms with E-state index >= 15 is 0 Å². The lowest BCUT2D eigenvalue weighted by Gasteiger charge is -2.08. The summed E-state index contributed by atoms with van der Waals surface area (Å²) in [6.45, 7) is 5.46. The molecule has 0 fully saturated rings. The molecule has 0 aromatic heterocycles. The lowest BCUT2D eigenvalue weighted by atomic mass is 10.2. The molecule has 1 aromatic rings. The van der Waals surface area contributed by atoms with Crippen LogP contribution in [0.1, 0.15) is 32.3 Å². The molecule has 100 valence electrons. The van der Waals surface area contributed by atoms with Crippen LogP contribution >= 0.6 is 0 Å². The number of rotatable bonds is 7. The molecule has 0 unspecified atom stereocenters. The molecular formula is C14H21FN2O. The van der Waals surface area contributed by atoms with Crippen molar-refractivity contribution in [3.8, 4) is 0 Å². The highest BCUT2D eigenvalue weighted by Crippen LogP contribution is 2.02. The van der Waals surface area contributed by atoms with Crippen LogP contribution < -0.4 is 10.6 Å². The number of hydrogen-bond acceptors (Lipinski definition) is 2. The Hall–Kier alpha value is -1.42. The van der Waals surface area contributed by atoms with Gasteiger partial charge in [0.15, 0.2) is 0 Å². The first kappa shape index (κ1) is 14.6. The molecule has 0 radical (unpaired) electrons. The minimum atomic E-state index is -0.259. The summed E-state index contributed by atoms with van der Waals surface area (Å²) in [5, 5.41) is 6.08. The van der Waals surface area contributed by atoms with E-state index in [1.54, 1.807) is 12.1 Å². The van der Waals surface area contributed by atoms with Crippen molar-refractivity contribution in [1.82, 2.24) is 10.6 Å². The van der Waals surface area contributed by atoms with Crippen molar-refractivity contribution in [2.24, 2.45) is 0 Å². The quantitative estimate of drug-likeness (QED) is 0.731. The molecular weight excluding hydrogens is 231 g/mol. The van der Waals surface area contributed by atoms with Gasteiger partial charge in [-0.2, -0.15) is 0 Å². The maximum absolute atomic E-state index is 12.7. The second kappa shape index (κ2) is 7.82. The van der Waals surface area contributed by atoms with Crippen LogP contribution in [0.15, 0.2) is 24.3 Å². The first-order valence-corrected chi connectivity index (χ1v) is 6.32. The number of hydrogen-bond donors (Lipinski definition) is 2. The van der Waals surface area contributed by atoms with E-state index in [9.17, 15) is 9.18 Å². The summed E-state index contributed by atoms with van der Waals surface area (Å²) in [6.07, 6.45) is 1.34. The van der Waals surface area contributed by atoms with Gasteiger partial charge in [0.2, 0.25) is 5.91 Å². The smallest absolute Gasteiger partial charge is 0.220 e. The number of carbonyl (C=O) groups is 1. The van der Waals surface area contributed by atoms with Crippen LogP contribution in [-0.2, 0) is 11.3 Å². The molecule has 0 spiro atoms. The lowest BCUT2D eigenvalue weighted by Crippen LogP contribution is -2.27. The number of nitrogens with one attached hydrogen (secondary N) is 2. The molecule has 1 rings (SSSR count). The average Bonchev–Trinajstić information content (AvgIpc) is 2.34. The molecule has 0 saturated carbocycles. The topological polar surface area (TPSA) is 41.1 Å². The Bertz CT molecular complexity index is 363. The summed E-state index contributed by atoms with van der Waals surface area (Å²) in [5.41, 5.74) is 0.907. The normalized spacial score (nSPS) is 10.7. The minimum Gasteiger partial charge on any atom is -0.352 e. The van der Waals surface area contributed by atoms with Gasteiger partial charge in [0.05, 0.1) is 0 Å². The van der Waals surface area contributed by atoms with Gasteiger partial charge in [-0.25, -0.2) is 4.39 Å². The molecule has 0 atom stereocenters. The Kier molecular flexibility index (Phi) is 6.36. The summed E-state index contributed by atoms with van der Waals surface area (Å²) >= 11 is 0. The summed E-state index contributed by atoms with van der Waals surface area (Å²) in [6, 6.07) is 6.60. The second-order valence-corrected chi connectivity index (χ2v) is 4.62. The molecule has 1 amide bonds. The van der Waals surface area contributed by atoms with Gasteiger partial charge in [0.1, 0.15) is 5.82 Å². The van der Waals surface area contributed by atoms with E-state index in [2.05, 4.69) is 24.5 Å². The van der Waals surface area contributed by atoms with Gasteiger partial charge in [0, 0.05) is 19.0 Å². The maximum atomic E-state index is 12.7. The summed E-state index contributed by atoms with van der Waals surface area (Å²) in [5.74, 6) is -0.227. The Balaban J connectivity index is 2.15. The third-order valence-electron chi connectivity index (χ3n) is 2.54. The minimum absolute atomic E-state index is 0.0323. The van der Waals surface area contributed by atoms with Gasteiger partial charge < -0.3 is 10.6 Å². The highest BCUT2D eigenvalue weighted by molar-refractivity contribution is 5.75. The predicted molar refractivity (Wildman–Crippen MR) is 70.6 cm³/mol. The molecule has 4 heteroatoms. The van der Waals surface area contributed by atoms with Gasteiger partial charge in [-0.15, -0.1) is 0 Å². The van der Waals surface area contributed by atoms with Crippen molar-refractivity contribution >= 4 is 5.91 Å². The molecule has 0 aliphatic carbocycles. The molecule has 2 N–H and O–H groups in total. The largest absolute Gasteiger partial charge is 0.352 e. The second-order valence-electron chi connectivity index (χ2n) is 4.62. The van der Waals surface area contributed by atoms with Crippen molar-refractivity contribution in [2.75, 3.05) is 6.54 Å². The fourth-order valence-corrected chi connectivity index (χ4v) is 1.53. The van der Waals surface area contributed by atoms with E-state index in [4.69, 9.17) is 0 Å². The first-order valence-electron chi connectivity index (χ1n) is 6.32. The summed E-state index contributed by atoms with van der Waals surface area (Å²) in [4.78, 5) is 11.5. The van der Waals surface area contributed by atoms with Crippen LogP contribution in [-0.4, -0.2) is 18.5 Å². The number of carbonyl (C=O) groups excluding carboxylic acids is 1. The zero-order chi connectivity index (χ0) is 13.4. The Morgan fingerprint density at radius 2 is 1.94 bits per heavy atom. The Morgan fingerprint density at radius 3 is 2.56 bits per heavy atom. The fraction of sp³-hybridized carbons (Fsp3) is 0.500. The molecule has 0 heterocycles. The van der Waals surface area contributed by atoms with Gasteiger partial charge in [0.25, 0.3) is 0 Å². The lowest BCUT2D eigenvalue weighted by molar-refractivity contribution is -0.121. The monoisotopic (exact) mass is 252 g/mol. The molecule has 0 saturated heterocycles. The van der Waals surface area contributed by atoms with Gasteiger partial charge in [-0.3, -0.25) is 4.79 Å². The Morgan fingerprint density at radius 1 is 1.28 bits per heavy atom. The van der Waals surface area contributed by atoms with Crippen LogP contribution in [0.2, 0.25) is 0 Å². The van der Waals surface area contributed by atoms with E-state index in [0.717, 1.165) is 18.5 Å². The van der Waals surface area contributed by atoms with Gasteiger partial charge in [-0.05, 0) is 30.7 Å². The summed E-state index contributed by atoms with van der Waals surface area (Å²) < 4.78 is 12.7. The fourth-order valence-electron chi connectivity index (χ4n) is 1.53. The van der Waals surface area contributed by atoms with Crippen LogP contribution in [0.5, 0.6) is 0 Å². The van der Waals surface area contributed by atoms with Crippen LogP contribution in [0, 0.1) is 5.82 Å². The van der Waals surface area contributed by atoms with Crippen molar-refractivity contribution in [2.45, 2.75) is 39.3 Å². The highest BCUT2D eigenvalue weighted by Gasteiger charge is 2.01. The van der Waals surface area contributed by atoms with Crippen LogP contribution in [0.4, 0.5) is 4.39 Å². The molecule has 3 nitrogen and oxygen atoms in total. The Labute approximate surface area is 108 Å². The van der Waals surface area contributed by atoms with E-state index in [1.165, 1.54) is 12.1 Å². The molecule has 0 aliphatic heterocycles. The van der Waals surface area contributed by atoms with E-state index < -0.39 is 0 Å². The summed E-state index contributed by atoms with van der Waals surface area (Å²) in [7, 11) is 0. The predicted octanol–water partition coefficient (Wildman–Crippen LogP) is 2.22. The molecule has 0 aliphatic rings.